The van der Waals surface area contributed by atoms with E-state index in [0.29, 0.717) is 11.5 Å². The molecule has 8 bridgehead atoms. The van der Waals surface area contributed by atoms with Crippen LogP contribution < -0.4 is 9.47 Å². The van der Waals surface area contributed by atoms with E-state index in [-0.39, 0.29) is 48.2 Å². The Balaban J connectivity index is 0.944. The summed E-state index contributed by atoms with van der Waals surface area (Å²) in [6.07, 6.45) is 19.6. The molecular weight excluding hydrogens is 661 g/mol. The predicted octanol–water partition coefficient (Wildman–Crippen LogP) is 10.8. The SMILES string of the molecule is CCCCCc1ccc2c(OCC(=O)OC(C)C34CC5CC(CC(C5)C3)C4)c3ccccc3c(OCC(=O)OC(C)C34CC5CC(CC(C5)C3)C4)c2c1. The third kappa shape index (κ3) is 6.73. The quantitative estimate of drug-likeness (QED) is 0.0938. The van der Waals surface area contributed by atoms with Crippen LogP contribution in [0.4, 0.5) is 0 Å². The average molecular weight is 721 g/mol. The second-order valence-electron chi connectivity index (χ2n) is 18.9. The molecular formula is C47H60O6. The Morgan fingerprint density at radius 2 is 1.02 bits per heavy atom. The lowest BCUT2D eigenvalue weighted by molar-refractivity contribution is -0.172. The minimum atomic E-state index is -0.308. The van der Waals surface area contributed by atoms with Crippen molar-refractivity contribution >= 4 is 33.5 Å². The summed E-state index contributed by atoms with van der Waals surface area (Å²) in [5.74, 6) is 5.52. The van der Waals surface area contributed by atoms with Gasteiger partial charge in [-0.15, -0.1) is 0 Å². The Bertz CT molecular complexity index is 1790. The van der Waals surface area contributed by atoms with Gasteiger partial charge in [-0.25, -0.2) is 9.59 Å². The van der Waals surface area contributed by atoms with E-state index in [1.54, 1.807) is 0 Å². The van der Waals surface area contributed by atoms with Crippen LogP contribution in [0.15, 0.2) is 42.5 Å². The van der Waals surface area contributed by atoms with Gasteiger partial charge in [-0.1, -0.05) is 56.2 Å². The monoisotopic (exact) mass is 720 g/mol. The van der Waals surface area contributed by atoms with Crippen molar-refractivity contribution in [1.29, 1.82) is 0 Å². The number of carbonyl (C=O) groups is 2. The molecule has 3 aromatic rings. The molecule has 6 nitrogen and oxygen atoms in total. The highest BCUT2D eigenvalue weighted by molar-refractivity contribution is 6.11. The highest BCUT2D eigenvalue weighted by Crippen LogP contribution is 2.63. The molecule has 8 fully saturated rings. The van der Waals surface area contributed by atoms with Crippen molar-refractivity contribution in [3.63, 3.8) is 0 Å². The maximum absolute atomic E-state index is 13.5. The first-order valence-corrected chi connectivity index (χ1v) is 21.3. The van der Waals surface area contributed by atoms with Crippen molar-refractivity contribution in [2.75, 3.05) is 13.2 Å². The first kappa shape index (κ1) is 35.4. The molecule has 2 unspecified atom stereocenters. The van der Waals surface area contributed by atoms with E-state index >= 15 is 0 Å². The third-order valence-electron chi connectivity index (χ3n) is 15.2. The van der Waals surface area contributed by atoms with Gasteiger partial charge in [0.05, 0.1) is 0 Å². The molecule has 0 N–H and O–H groups in total. The second kappa shape index (κ2) is 14.1. The molecule has 8 saturated carbocycles. The first-order chi connectivity index (χ1) is 25.7. The second-order valence-corrected chi connectivity index (χ2v) is 18.9. The lowest BCUT2D eigenvalue weighted by Gasteiger charge is -2.58. The largest absolute Gasteiger partial charge is 0.481 e. The van der Waals surface area contributed by atoms with Crippen LogP contribution in [0.25, 0.3) is 21.5 Å². The molecule has 0 aromatic heterocycles. The lowest BCUT2D eigenvalue weighted by Crippen LogP contribution is -2.52. The van der Waals surface area contributed by atoms with E-state index in [0.717, 1.165) is 76.3 Å². The van der Waals surface area contributed by atoms with Crippen molar-refractivity contribution in [2.45, 2.75) is 136 Å². The first-order valence-electron chi connectivity index (χ1n) is 21.3. The topological polar surface area (TPSA) is 71.1 Å². The fourth-order valence-corrected chi connectivity index (χ4v) is 13.5. The minimum absolute atomic E-state index is 0.104. The third-order valence-corrected chi connectivity index (χ3v) is 15.2. The van der Waals surface area contributed by atoms with Crippen LogP contribution in [0.1, 0.15) is 123 Å². The zero-order valence-electron chi connectivity index (χ0n) is 32.3. The summed E-state index contributed by atoms with van der Waals surface area (Å²) >= 11 is 0. The van der Waals surface area contributed by atoms with E-state index < -0.39 is 0 Å². The molecule has 0 heterocycles. The maximum Gasteiger partial charge on any atom is 0.344 e. The summed E-state index contributed by atoms with van der Waals surface area (Å²) in [5.41, 5.74) is 1.48. The molecule has 0 amide bonds. The van der Waals surface area contributed by atoms with Crippen LogP contribution in [-0.4, -0.2) is 37.4 Å². The number of benzene rings is 3. The van der Waals surface area contributed by atoms with Crippen molar-refractivity contribution < 1.29 is 28.5 Å². The minimum Gasteiger partial charge on any atom is -0.481 e. The molecule has 2 atom stereocenters. The van der Waals surface area contributed by atoms with Gasteiger partial charge in [0.1, 0.15) is 23.7 Å². The number of fused-ring (bicyclic) bond motifs is 2. The predicted molar refractivity (Wildman–Crippen MR) is 208 cm³/mol. The average Bonchev–Trinajstić information content (AvgIpc) is 3.12. The van der Waals surface area contributed by atoms with E-state index in [2.05, 4.69) is 39.0 Å². The molecule has 6 heteroatoms. The van der Waals surface area contributed by atoms with Crippen LogP contribution in [0, 0.1) is 46.3 Å². The summed E-state index contributed by atoms with van der Waals surface area (Å²) in [4.78, 5) is 27.0. The number of ether oxygens (including phenoxy) is 4. The molecule has 0 aliphatic heterocycles. The Hall–Kier alpha value is -3.28. The zero-order chi connectivity index (χ0) is 36.3. The van der Waals surface area contributed by atoms with Crippen LogP contribution in [0.5, 0.6) is 11.5 Å². The molecule has 8 aliphatic rings. The van der Waals surface area contributed by atoms with Gasteiger partial charge in [-0.2, -0.15) is 0 Å². The van der Waals surface area contributed by atoms with E-state index in [4.69, 9.17) is 18.9 Å². The Morgan fingerprint density at radius 1 is 0.604 bits per heavy atom. The van der Waals surface area contributed by atoms with Gasteiger partial charge in [-0.05, 0) is 151 Å². The standard InChI is InChI=1S/C47H60O6/c1-4-5-6-9-31-12-13-40-41(20-31)45(51-28-43(49)53-30(3)47-24-35-17-36(25-47)19-37(18-35)26-47)39-11-8-7-10-38(39)44(40)50-27-42(48)52-29(2)46-21-32-14-33(22-46)16-34(15-32)23-46/h7-8,10-13,20,29-30,32-37H,4-6,9,14-19,21-28H2,1-3H3. The number of aryl methyl sites for hydroxylation is 1. The summed E-state index contributed by atoms with van der Waals surface area (Å²) in [5, 5.41) is 3.48. The molecule has 284 valence electrons. The van der Waals surface area contributed by atoms with Crippen molar-refractivity contribution in [3.05, 3.63) is 48.0 Å². The molecule has 0 saturated heterocycles. The number of esters is 2. The Morgan fingerprint density at radius 3 is 1.45 bits per heavy atom. The number of rotatable bonds is 14. The number of carbonyl (C=O) groups excluding carboxylic acids is 2. The Kier molecular flexibility index (Phi) is 9.42. The Labute approximate surface area is 316 Å². The van der Waals surface area contributed by atoms with E-state index in [1.165, 1.54) is 89.0 Å². The summed E-state index contributed by atoms with van der Waals surface area (Å²) in [6, 6.07) is 14.5. The van der Waals surface area contributed by atoms with E-state index in [1.807, 2.05) is 24.3 Å². The lowest BCUT2D eigenvalue weighted by atomic mass is 9.48. The maximum atomic E-state index is 13.5. The summed E-state index contributed by atoms with van der Waals surface area (Å²) < 4.78 is 25.4. The van der Waals surface area contributed by atoms with Crippen molar-refractivity contribution in [3.8, 4) is 11.5 Å². The van der Waals surface area contributed by atoms with Crippen LogP contribution in [0.2, 0.25) is 0 Å². The van der Waals surface area contributed by atoms with Gasteiger partial charge in [0.15, 0.2) is 13.2 Å². The van der Waals surface area contributed by atoms with Gasteiger partial charge in [0.25, 0.3) is 0 Å². The molecule has 0 radical (unpaired) electrons. The molecule has 3 aromatic carbocycles. The molecule has 11 rings (SSSR count). The number of hydrogen-bond acceptors (Lipinski definition) is 6. The smallest absolute Gasteiger partial charge is 0.344 e. The molecule has 0 spiro atoms. The van der Waals surface area contributed by atoms with Gasteiger partial charge < -0.3 is 18.9 Å². The normalized spacial score (nSPS) is 33.3. The van der Waals surface area contributed by atoms with Gasteiger partial charge >= 0.3 is 11.9 Å². The van der Waals surface area contributed by atoms with Crippen molar-refractivity contribution in [2.24, 2.45) is 46.3 Å². The summed E-state index contributed by atoms with van der Waals surface area (Å²) in [6.45, 7) is 6.17. The fraction of sp³-hybridized carbons (Fsp3) is 0.660. The van der Waals surface area contributed by atoms with Gasteiger partial charge in [-0.3, -0.25) is 0 Å². The fourth-order valence-electron chi connectivity index (χ4n) is 13.5. The number of hydrogen-bond donors (Lipinski definition) is 0. The number of unbranched alkanes of at least 4 members (excludes halogenated alkanes) is 2. The molecule has 53 heavy (non-hydrogen) atoms. The van der Waals surface area contributed by atoms with E-state index in [9.17, 15) is 9.59 Å². The van der Waals surface area contributed by atoms with Crippen LogP contribution in [-0.2, 0) is 25.5 Å². The van der Waals surface area contributed by atoms with Crippen molar-refractivity contribution in [1.82, 2.24) is 0 Å². The van der Waals surface area contributed by atoms with Gasteiger partial charge in [0.2, 0.25) is 0 Å². The highest BCUT2D eigenvalue weighted by Gasteiger charge is 2.55. The summed E-state index contributed by atoms with van der Waals surface area (Å²) in [7, 11) is 0. The van der Waals surface area contributed by atoms with Crippen LogP contribution in [0.3, 0.4) is 0 Å². The zero-order valence-corrected chi connectivity index (χ0v) is 32.3. The molecule has 8 aliphatic carbocycles. The van der Waals surface area contributed by atoms with Crippen LogP contribution >= 0.6 is 0 Å². The highest BCUT2D eigenvalue weighted by atomic mass is 16.6. The van der Waals surface area contributed by atoms with Gasteiger partial charge in [0, 0.05) is 32.4 Å².